The number of ether oxygens (including phenoxy) is 1. The van der Waals surface area contributed by atoms with E-state index in [1.165, 1.54) is 7.11 Å². The molecule has 0 bridgehead atoms. The average Bonchev–Trinajstić information content (AvgIpc) is 2.79. The van der Waals surface area contributed by atoms with Gasteiger partial charge in [-0.1, -0.05) is 11.6 Å². The lowest BCUT2D eigenvalue weighted by Crippen LogP contribution is -2.41. The topological polar surface area (TPSA) is 63.7 Å². The molecule has 1 fully saturated rings. The van der Waals surface area contributed by atoms with Crippen LogP contribution in [0.5, 0.6) is 5.75 Å². The maximum Gasteiger partial charge on any atom is 0.255 e. The maximum atomic E-state index is 12.6. The highest BCUT2D eigenvalue weighted by atomic mass is 35.5. The number of methoxy groups -OCH3 is 1. The van der Waals surface area contributed by atoms with Crippen LogP contribution in [0.3, 0.4) is 0 Å². The van der Waals surface area contributed by atoms with Gasteiger partial charge in [0.05, 0.1) is 29.2 Å². The zero-order valence-corrected chi connectivity index (χ0v) is 13.6. The first-order chi connectivity index (χ1) is 9.88. The van der Waals surface area contributed by atoms with E-state index in [4.69, 9.17) is 16.3 Å². The molecule has 5 nitrogen and oxygen atoms in total. The number of rotatable bonds is 4. The summed E-state index contributed by atoms with van der Waals surface area (Å²) in [5.74, 6) is 0.494. The molecule has 0 aliphatic carbocycles. The molecule has 1 aliphatic rings. The van der Waals surface area contributed by atoms with Gasteiger partial charge in [0.2, 0.25) is 0 Å². The van der Waals surface area contributed by atoms with Crippen molar-refractivity contribution < 1.29 is 17.9 Å². The van der Waals surface area contributed by atoms with E-state index in [2.05, 4.69) is 0 Å². The van der Waals surface area contributed by atoms with E-state index in [1.807, 2.05) is 6.92 Å². The Balaban J connectivity index is 2.25. The summed E-state index contributed by atoms with van der Waals surface area (Å²) in [6.45, 7) is 2.28. The third kappa shape index (κ3) is 3.49. The summed E-state index contributed by atoms with van der Waals surface area (Å²) in [5.41, 5.74) is 0.364. The number of carbonyl (C=O) groups excluding carboxylic acids is 1. The normalized spacial score (nSPS) is 20.2. The smallest absolute Gasteiger partial charge is 0.255 e. The molecule has 2 rings (SSSR count). The predicted octanol–water partition coefficient (Wildman–Crippen LogP) is 2.00. The molecule has 1 aromatic carbocycles. The van der Waals surface area contributed by atoms with E-state index >= 15 is 0 Å². The van der Waals surface area contributed by atoms with Crippen LogP contribution in [0.15, 0.2) is 18.2 Å². The second-order valence-electron chi connectivity index (χ2n) is 4.99. The molecule has 0 spiro atoms. The van der Waals surface area contributed by atoms with E-state index in [9.17, 15) is 13.2 Å². The van der Waals surface area contributed by atoms with E-state index in [-0.39, 0.29) is 23.5 Å². The van der Waals surface area contributed by atoms with Crippen molar-refractivity contribution in [1.29, 1.82) is 0 Å². The molecule has 1 unspecified atom stereocenters. The van der Waals surface area contributed by atoms with Crippen LogP contribution in [0.2, 0.25) is 5.02 Å². The molecule has 1 amide bonds. The zero-order valence-electron chi connectivity index (χ0n) is 12.0. The molecule has 1 saturated heterocycles. The minimum atomic E-state index is -3.03. The Kier molecular flexibility index (Phi) is 4.78. The van der Waals surface area contributed by atoms with E-state index in [1.54, 1.807) is 23.1 Å². The summed E-state index contributed by atoms with van der Waals surface area (Å²) in [5, 5.41) is 0.304. The standard InChI is InChI=1S/C14H18ClNO4S/c1-3-16(10-6-7-21(18,19)9-10)14(17)12-5-4-11(20-2)8-13(12)15/h4-5,8,10H,3,6-7,9H2,1-2H3. The quantitative estimate of drug-likeness (QED) is 0.846. The second-order valence-corrected chi connectivity index (χ2v) is 7.63. The van der Waals surface area contributed by atoms with Crippen molar-refractivity contribution in [1.82, 2.24) is 4.90 Å². The van der Waals surface area contributed by atoms with Gasteiger partial charge in [0.1, 0.15) is 5.75 Å². The molecule has 0 N–H and O–H groups in total. The van der Waals surface area contributed by atoms with Gasteiger partial charge < -0.3 is 9.64 Å². The van der Waals surface area contributed by atoms with Crippen LogP contribution in [-0.2, 0) is 9.84 Å². The van der Waals surface area contributed by atoms with Gasteiger partial charge in [-0.25, -0.2) is 8.42 Å². The van der Waals surface area contributed by atoms with E-state index in [0.29, 0.717) is 29.3 Å². The van der Waals surface area contributed by atoms with Crippen molar-refractivity contribution in [3.63, 3.8) is 0 Å². The van der Waals surface area contributed by atoms with E-state index < -0.39 is 9.84 Å². The van der Waals surface area contributed by atoms with Gasteiger partial charge in [0.25, 0.3) is 5.91 Å². The highest BCUT2D eigenvalue weighted by molar-refractivity contribution is 7.91. The maximum absolute atomic E-state index is 12.6. The van der Waals surface area contributed by atoms with Crippen molar-refractivity contribution in [2.75, 3.05) is 25.2 Å². The summed E-state index contributed by atoms with van der Waals surface area (Å²) in [6, 6.07) is 4.58. The Bertz CT molecular complexity index is 644. The van der Waals surface area contributed by atoms with Crippen molar-refractivity contribution in [2.45, 2.75) is 19.4 Å². The average molecular weight is 332 g/mol. The van der Waals surface area contributed by atoms with Crippen molar-refractivity contribution >= 4 is 27.3 Å². The molecule has 7 heteroatoms. The summed E-state index contributed by atoms with van der Waals surface area (Å²) < 4.78 is 28.2. The number of hydrogen-bond donors (Lipinski definition) is 0. The Morgan fingerprint density at radius 3 is 2.67 bits per heavy atom. The molecule has 1 heterocycles. The fourth-order valence-electron chi connectivity index (χ4n) is 2.54. The van der Waals surface area contributed by atoms with Crippen molar-refractivity contribution in [3.8, 4) is 5.75 Å². The van der Waals surface area contributed by atoms with Crippen molar-refractivity contribution in [2.24, 2.45) is 0 Å². The molecule has 1 aromatic rings. The van der Waals surface area contributed by atoms with Gasteiger partial charge in [0, 0.05) is 12.6 Å². The van der Waals surface area contributed by atoms with Crippen LogP contribution in [0, 0.1) is 0 Å². The van der Waals surface area contributed by atoms with Crippen LogP contribution < -0.4 is 4.74 Å². The fraction of sp³-hybridized carbons (Fsp3) is 0.500. The number of benzene rings is 1. The van der Waals surface area contributed by atoms with Gasteiger partial charge in [-0.2, -0.15) is 0 Å². The van der Waals surface area contributed by atoms with Crippen LogP contribution in [0.25, 0.3) is 0 Å². The SMILES string of the molecule is CCN(C(=O)c1ccc(OC)cc1Cl)C1CCS(=O)(=O)C1. The van der Waals surface area contributed by atoms with Crippen LogP contribution in [0.4, 0.5) is 0 Å². The second kappa shape index (κ2) is 6.23. The minimum Gasteiger partial charge on any atom is -0.497 e. The zero-order chi connectivity index (χ0) is 15.6. The third-order valence-electron chi connectivity index (χ3n) is 3.66. The lowest BCUT2D eigenvalue weighted by Gasteiger charge is -2.27. The monoisotopic (exact) mass is 331 g/mol. The molecular formula is C14H18ClNO4S. The molecule has 0 aromatic heterocycles. The number of amides is 1. The number of nitrogens with zero attached hydrogens (tertiary/aromatic N) is 1. The van der Waals surface area contributed by atoms with Gasteiger partial charge in [-0.05, 0) is 31.5 Å². The van der Waals surface area contributed by atoms with Crippen LogP contribution >= 0.6 is 11.6 Å². The predicted molar refractivity (Wildman–Crippen MR) is 81.8 cm³/mol. The Morgan fingerprint density at radius 2 is 2.19 bits per heavy atom. The van der Waals surface area contributed by atoms with Gasteiger partial charge >= 0.3 is 0 Å². The Hall–Kier alpha value is -1.27. The molecule has 0 saturated carbocycles. The molecular weight excluding hydrogens is 314 g/mol. The first kappa shape index (κ1) is 16.1. The molecule has 1 atom stereocenters. The number of halogens is 1. The van der Waals surface area contributed by atoms with E-state index in [0.717, 1.165) is 0 Å². The van der Waals surface area contributed by atoms with Gasteiger partial charge in [-0.15, -0.1) is 0 Å². The molecule has 1 aliphatic heterocycles. The fourth-order valence-corrected chi connectivity index (χ4v) is 4.52. The largest absolute Gasteiger partial charge is 0.497 e. The lowest BCUT2D eigenvalue weighted by atomic mass is 10.1. The van der Waals surface area contributed by atoms with Crippen molar-refractivity contribution in [3.05, 3.63) is 28.8 Å². The lowest BCUT2D eigenvalue weighted by molar-refractivity contribution is 0.0708. The Labute approximate surface area is 129 Å². The Morgan fingerprint density at radius 1 is 1.48 bits per heavy atom. The molecule has 21 heavy (non-hydrogen) atoms. The number of sulfone groups is 1. The third-order valence-corrected chi connectivity index (χ3v) is 5.72. The van der Waals surface area contributed by atoms with Crippen LogP contribution in [-0.4, -0.2) is 50.4 Å². The summed E-state index contributed by atoms with van der Waals surface area (Å²) in [6.07, 6.45) is 0.482. The number of hydrogen-bond acceptors (Lipinski definition) is 4. The van der Waals surface area contributed by atoms with Gasteiger partial charge in [0.15, 0.2) is 9.84 Å². The van der Waals surface area contributed by atoms with Crippen LogP contribution in [0.1, 0.15) is 23.7 Å². The molecule has 0 radical (unpaired) electrons. The molecule has 116 valence electrons. The number of carbonyl (C=O) groups is 1. The summed E-state index contributed by atoms with van der Waals surface area (Å²) >= 11 is 6.12. The highest BCUT2D eigenvalue weighted by Gasteiger charge is 2.34. The summed E-state index contributed by atoms with van der Waals surface area (Å²) in [7, 11) is -1.51. The first-order valence-electron chi connectivity index (χ1n) is 6.73. The highest BCUT2D eigenvalue weighted by Crippen LogP contribution is 2.26. The summed E-state index contributed by atoms with van der Waals surface area (Å²) in [4.78, 5) is 14.2. The first-order valence-corrected chi connectivity index (χ1v) is 8.93. The van der Waals surface area contributed by atoms with Gasteiger partial charge in [-0.3, -0.25) is 4.79 Å². The minimum absolute atomic E-state index is 0.0281.